The van der Waals surface area contributed by atoms with Crippen molar-refractivity contribution >= 4 is 33.1 Å². The summed E-state index contributed by atoms with van der Waals surface area (Å²) in [5.74, 6) is -0.765. The fourth-order valence-corrected chi connectivity index (χ4v) is 4.35. The zero-order valence-corrected chi connectivity index (χ0v) is 16.4. The number of ketones is 1. The van der Waals surface area contributed by atoms with Crippen LogP contribution in [0, 0.1) is 0 Å². The third-order valence-corrected chi connectivity index (χ3v) is 5.71. The molecule has 0 amide bonds. The molecule has 0 atom stereocenters. The lowest BCUT2D eigenvalue weighted by molar-refractivity contribution is -0.112. The fourth-order valence-electron chi connectivity index (χ4n) is 1.83. The van der Waals surface area contributed by atoms with Crippen molar-refractivity contribution in [1.82, 2.24) is 4.72 Å². The number of methoxy groups -OCH3 is 1. The monoisotopic (exact) mass is 383 g/mol. The van der Waals surface area contributed by atoms with Crippen LogP contribution >= 0.6 is 11.3 Å². The molecule has 25 heavy (non-hydrogen) atoms. The summed E-state index contributed by atoms with van der Waals surface area (Å²) in [5.41, 5.74) is 1.90. The second-order valence-electron chi connectivity index (χ2n) is 5.35. The van der Waals surface area contributed by atoms with Crippen molar-refractivity contribution in [3.8, 4) is 0 Å². The van der Waals surface area contributed by atoms with Crippen molar-refractivity contribution in [2.24, 2.45) is 0 Å². The zero-order valence-electron chi connectivity index (χ0n) is 14.7. The van der Waals surface area contributed by atoms with Crippen LogP contribution in [-0.2, 0) is 19.6 Å². The zero-order chi connectivity index (χ0) is 19.2. The Kier molecular flexibility index (Phi) is 7.32. The average molecular weight is 383 g/mol. The van der Waals surface area contributed by atoms with E-state index >= 15 is 0 Å². The minimum atomic E-state index is -3.91. The van der Waals surface area contributed by atoms with Gasteiger partial charge in [0.05, 0.1) is 7.11 Å². The van der Waals surface area contributed by atoms with E-state index in [-0.39, 0.29) is 15.6 Å². The van der Waals surface area contributed by atoms with E-state index in [1.807, 2.05) is 0 Å². The van der Waals surface area contributed by atoms with Gasteiger partial charge in [0.2, 0.25) is 0 Å². The van der Waals surface area contributed by atoms with Gasteiger partial charge in [0.1, 0.15) is 9.77 Å². The highest BCUT2D eigenvalue weighted by molar-refractivity contribution is 7.89. The number of nitrogens with one attached hydrogen (secondary N) is 1. The van der Waals surface area contributed by atoms with E-state index in [1.54, 1.807) is 32.9 Å². The first-order valence-electron chi connectivity index (χ1n) is 7.31. The van der Waals surface area contributed by atoms with E-state index in [0.717, 1.165) is 16.9 Å². The van der Waals surface area contributed by atoms with Crippen molar-refractivity contribution in [2.75, 3.05) is 7.11 Å². The molecule has 0 aliphatic carbocycles. The molecule has 1 aromatic heterocycles. The predicted octanol–water partition coefficient (Wildman–Crippen LogP) is 3.20. The smallest absolute Gasteiger partial charge is 0.349 e. The van der Waals surface area contributed by atoms with Crippen LogP contribution in [0.5, 0.6) is 0 Å². The van der Waals surface area contributed by atoms with Crippen LogP contribution in [0.3, 0.4) is 0 Å². The highest BCUT2D eigenvalue weighted by Crippen LogP contribution is 2.23. The molecule has 1 aromatic rings. The van der Waals surface area contributed by atoms with Gasteiger partial charge in [-0.3, -0.25) is 9.52 Å². The minimum absolute atomic E-state index is 0.0246. The Morgan fingerprint density at radius 1 is 1.16 bits per heavy atom. The van der Waals surface area contributed by atoms with Gasteiger partial charge in [-0.25, -0.2) is 13.2 Å². The van der Waals surface area contributed by atoms with Gasteiger partial charge in [-0.05, 0) is 50.8 Å². The molecule has 1 N–H and O–H groups in total. The topological polar surface area (TPSA) is 89.5 Å². The molecule has 0 aromatic carbocycles. The third kappa shape index (κ3) is 5.99. The molecule has 0 radical (unpaired) electrons. The molecule has 6 nitrogen and oxygen atoms in total. The van der Waals surface area contributed by atoms with Gasteiger partial charge >= 0.3 is 5.97 Å². The van der Waals surface area contributed by atoms with Gasteiger partial charge in [-0.2, -0.15) is 0 Å². The van der Waals surface area contributed by atoms with Crippen molar-refractivity contribution in [3.63, 3.8) is 0 Å². The predicted molar refractivity (Wildman–Crippen MR) is 97.9 cm³/mol. The van der Waals surface area contributed by atoms with E-state index in [2.05, 4.69) is 9.46 Å². The molecular weight excluding hydrogens is 362 g/mol. The second kappa shape index (κ2) is 8.77. The molecule has 0 saturated heterocycles. The largest absolute Gasteiger partial charge is 0.465 e. The Morgan fingerprint density at radius 3 is 2.36 bits per heavy atom. The molecule has 0 unspecified atom stereocenters. The van der Waals surface area contributed by atoms with Crippen LogP contribution in [0.2, 0.25) is 0 Å². The SMILES string of the molecule is COC(=O)c1sccc1S(=O)(=O)N/C(C)=C(C)/C=C(C)\C=C\C(C)=O. The van der Waals surface area contributed by atoms with Crippen LogP contribution in [0.4, 0.5) is 0 Å². The molecule has 1 rings (SSSR count). The Morgan fingerprint density at radius 2 is 1.80 bits per heavy atom. The summed E-state index contributed by atoms with van der Waals surface area (Å²) in [6, 6.07) is 1.36. The maximum Gasteiger partial charge on any atom is 0.349 e. The number of allylic oxidation sites excluding steroid dienone is 6. The summed E-state index contributed by atoms with van der Waals surface area (Å²) in [5, 5.41) is 1.52. The summed E-state index contributed by atoms with van der Waals surface area (Å²) in [6.45, 7) is 6.62. The third-order valence-electron chi connectivity index (χ3n) is 3.19. The number of hydrogen-bond acceptors (Lipinski definition) is 6. The van der Waals surface area contributed by atoms with Gasteiger partial charge in [-0.1, -0.05) is 17.7 Å². The summed E-state index contributed by atoms with van der Waals surface area (Å²) < 4.78 is 32.1. The van der Waals surface area contributed by atoms with Crippen molar-refractivity contribution in [3.05, 3.63) is 51.4 Å². The number of sulfonamides is 1. The fraction of sp³-hybridized carbons (Fsp3) is 0.294. The molecule has 0 aliphatic rings. The molecule has 0 spiro atoms. The number of thiophene rings is 1. The van der Waals surface area contributed by atoms with Crippen molar-refractivity contribution in [1.29, 1.82) is 0 Å². The van der Waals surface area contributed by atoms with Gasteiger partial charge in [0.25, 0.3) is 10.0 Å². The molecule has 8 heteroatoms. The van der Waals surface area contributed by atoms with Crippen LogP contribution in [0.1, 0.15) is 37.4 Å². The summed E-state index contributed by atoms with van der Waals surface area (Å²) in [6.07, 6.45) is 4.85. The molecule has 0 aliphatic heterocycles. The lowest BCUT2D eigenvalue weighted by Crippen LogP contribution is -2.24. The molecule has 0 saturated carbocycles. The maximum absolute atomic E-state index is 12.5. The highest BCUT2D eigenvalue weighted by Gasteiger charge is 2.24. The number of hydrogen-bond donors (Lipinski definition) is 1. The van der Waals surface area contributed by atoms with Crippen LogP contribution in [0.15, 0.2) is 51.4 Å². The number of carbonyl (C=O) groups excluding carboxylic acids is 2. The maximum atomic E-state index is 12.5. The molecule has 1 heterocycles. The van der Waals surface area contributed by atoms with E-state index in [1.165, 1.54) is 31.6 Å². The highest BCUT2D eigenvalue weighted by atomic mass is 32.2. The Labute approximate surface area is 151 Å². The van der Waals surface area contributed by atoms with E-state index in [9.17, 15) is 18.0 Å². The molecular formula is C17H21NO5S2. The van der Waals surface area contributed by atoms with Gasteiger partial charge < -0.3 is 4.74 Å². The minimum Gasteiger partial charge on any atom is -0.465 e. The van der Waals surface area contributed by atoms with Crippen LogP contribution in [-0.4, -0.2) is 27.3 Å². The summed E-state index contributed by atoms with van der Waals surface area (Å²) >= 11 is 1.00. The normalized spacial score (nSPS) is 13.6. The van der Waals surface area contributed by atoms with Gasteiger partial charge in [-0.15, -0.1) is 11.3 Å². The van der Waals surface area contributed by atoms with Gasteiger partial charge in [0, 0.05) is 5.70 Å². The number of rotatable bonds is 7. The number of carbonyl (C=O) groups is 2. The standard InChI is InChI=1S/C17H21NO5S2/c1-11(6-7-13(3)19)10-12(2)14(4)18-25(21,22)15-8-9-24-16(15)17(20)23-5/h6-10,18H,1-5H3/b7-6+,11-10-,14-12+. The quantitative estimate of drug-likeness (QED) is 0.444. The lowest BCUT2D eigenvalue weighted by Gasteiger charge is -2.10. The lowest BCUT2D eigenvalue weighted by atomic mass is 10.1. The number of ether oxygens (including phenoxy) is 1. The van der Waals surface area contributed by atoms with E-state index < -0.39 is 16.0 Å². The Bertz CT molecular complexity index is 857. The van der Waals surface area contributed by atoms with Crippen LogP contribution < -0.4 is 4.72 Å². The van der Waals surface area contributed by atoms with Crippen molar-refractivity contribution in [2.45, 2.75) is 32.6 Å². The van der Waals surface area contributed by atoms with Gasteiger partial charge in [0.15, 0.2) is 5.78 Å². The average Bonchev–Trinajstić information content (AvgIpc) is 3.02. The summed E-state index contributed by atoms with van der Waals surface area (Å²) in [7, 11) is -2.71. The van der Waals surface area contributed by atoms with Crippen molar-refractivity contribution < 1.29 is 22.7 Å². The molecule has 136 valence electrons. The second-order valence-corrected chi connectivity index (χ2v) is 7.92. The molecule has 0 fully saturated rings. The summed E-state index contributed by atoms with van der Waals surface area (Å²) in [4.78, 5) is 22.5. The first kappa shape index (κ1) is 20.9. The first-order chi connectivity index (χ1) is 11.6. The Hall–Kier alpha value is -2.19. The Balaban J connectivity index is 3.11. The number of esters is 1. The van der Waals surface area contributed by atoms with E-state index in [0.29, 0.717) is 11.3 Å². The first-order valence-corrected chi connectivity index (χ1v) is 9.67. The van der Waals surface area contributed by atoms with E-state index in [4.69, 9.17) is 0 Å². The molecule has 0 bridgehead atoms. The van der Waals surface area contributed by atoms with Crippen LogP contribution in [0.25, 0.3) is 0 Å².